The molecular formula is C21H17FN2O4S. The van der Waals surface area contributed by atoms with Crippen LogP contribution in [0, 0.1) is 22.9 Å². The third kappa shape index (κ3) is 3.41. The van der Waals surface area contributed by atoms with E-state index in [0.717, 1.165) is 5.56 Å². The lowest BCUT2D eigenvalue weighted by molar-refractivity contribution is -0.385. The molecule has 0 amide bonds. The van der Waals surface area contributed by atoms with Crippen molar-refractivity contribution in [2.75, 3.05) is 0 Å². The molecule has 8 heteroatoms. The molecule has 1 fully saturated rings. The molecule has 1 unspecified atom stereocenters. The monoisotopic (exact) mass is 412 g/mol. The summed E-state index contributed by atoms with van der Waals surface area (Å²) in [5.41, 5.74) is 1.47. The van der Waals surface area contributed by atoms with Crippen molar-refractivity contribution in [3.63, 3.8) is 0 Å². The Kier molecular flexibility index (Phi) is 4.68. The Morgan fingerprint density at radius 3 is 2.31 bits per heavy atom. The Balaban J connectivity index is 1.84. The molecule has 0 aromatic heterocycles. The van der Waals surface area contributed by atoms with Crippen LogP contribution >= 0.6 is 0 Å². The van der Waals surface area contributed by atoms with Gasteiger partial charge >= 0.3 is 0 Å². The van der Waals surface area contributed by atoms with E-state index in [2.05, 4.69) is 0 Å². The van der Waals surface area contributed by atoms with Crippen LogP contribution in [0.5, 0.6) is 0 Å². The molecule has 3 atom stereocenters. The highest BCUT2D eigenvalue weighted by Gasteiger charge is 2.58. The van der Waals surface area contributed by atoms with Crippen LogP contribution in [0.15, 0.2) is 77.7 Å². The Hall–Kier alpha value is -3.10. The summed E-state index contributed by atoms with van der Waals surface area (Å²) < 4.78 is 41.6. The molecule has 6 nitrogen and oxygen atoms in total. The standard InChI is InChI=1S/C21H17FN2O4S/c1-14-9-11-17(12-10-14)29(27,28)23-20(15-5-4-6-16(22)13-15)21(23)18-7-2-3-8-19(18)24(25)26/h2-13,20-21H,1H3/t20-,21-,23?/m1/s1. The molecular weight excluding hydrogens is 395 g/mol. The van der Waals surface area contributed by atoms with Gasteiger partial charge < -0.3 is 0 Å². The largest absolute Gasteiger partial charge is 0.274 e. The smallest absolute Gasteiger partial charge is 0.258 e. The Labute approximate surface area is 167 Å². The summed E-state index contributed by atoms with van der Waals surface area (Å²) in [5, 5.41) is 11.5. The van der Waals surface area contributed by atoms with E-state index < -0.39 is 32.8 Å². The van der Waals surface area contributed by atoms with Gasteiger partial charge in [-0.15, -0.1) is 0 Å². The van der Waals surface area contributed by atoms with Gasteiger partial charge in [-0.3, -0.25) is 10.1 Å². The van der Waals surface area contributed by atoms with Crippen LogP contribution in [0.25, 0.3) is 0 Å². The molecule has 0 N–H and O–H groups in total. The first kappa shape index (κ1) is 19.2. The number of sulfonamides is 1. The zero-order valence-electron chi connectivity index (χ0n) is 15.4. The van der Waals surface area contributed by atoms with E-state index in [4.69, 9.17) is 0 Å². The van der Waals surface area contributed by atoms with Crippen molar-refractivity contribution < 1.29 is 17.7 Å². The van der Waals surface area contributed by atoms with Gasteiger partial charge in [0.15, 0.2) is 0 Å². The fourth-order valence-corrected chi connectivity index (χ4v) is 5.31. The van der Waals surface area contributed by atoms with E-state index in [1.54, 1.807) is 30.3 Å². The number of para-hydroxylation sites is 1. The van der Waals surface area contributed by atoms with Gasteiger partial charge in [0.25, 0.3) is 5.69 Å². The first-order valence-corrected chi connectivity index (χ1v) is 10.3. The maximum Gasteiger partial charge on any atom is 0.274 e. The third-order valence-corrected chi connectivity index (χ3v) is 6.87. The van der Waals surface area contributed by atoms with E-state index in [1.807, 2.05) is 6.92 Å². The number of nitro benzene ring substituents is 1. The Morgan fingerprint density at radius 1 is 0.966 bits per heavy atom. The molecule has 3 aromatic rings. The highest BCUT2D eigenvalue weighted by molar-refractivity contribution is 7.89. The maximum absolute atomic E-state index is 13.8. The van der Waals surface area contributed by atoms with E-state index in [1.165, 1.54) is 46.8 Å². The lowest BCUT2D eigenvalue weighted by Gasteiger charge is -2.08. The molecule has 0 saturated carbocycles. The van der Waals surface area contributed by atoms with E-state index in [9.17, 15) is 22.9 Å². The SMILES string of the molecule is Cc1ccc(S(=O)(=O)N2[C@H](c3cccc(F)c3)[C@H]2c2ccccc2[N+](=O)[O-])cc1. The molecule has 29 heavy (non-hydrogen) atoms. The zero-order chi connectivity index (χ0) is 20.8. The number of rotatable bonds is 5. The molecule has 0 spiro atoms. The van der Waals surface area contributed by atoms with Crippen LogP contribution in [-0.4, -0.2) is 17.6 Å². The minimum atomic E-state index is -3.94. The minimum Gasteiger partial charge on any atom is -0.258 e. The average Bonchev–Trinajstić information content (AvgIpc) is 3.45. The molecule has 1 aliphatic rings. The average molecular weight is 412 g/mol. The van der Waals surface area contributed by atoms with Gasteiger partial charge in [0.1, 0.15) is 5.82 Å². The first-order chi connectivity index (χ1) is 13.8. The second-order valence-electron chi connectivity index (χ2n) is 6.91. The fourth-order valence-electron chi connectivity index (χ4n) is 3.57. The highest BCUT2D eigenvalue weighted by Crippen LogP contribution is 2.59. The number of nitrogens with zero attached hydrogens (tertiary/aromatic N) is 2. The van der Waals surface area contributed by atoms with Crippen LogP contribution in [0.3, 0.4) is 0 Å². The van der Waals surface area contributed by atoms with Crippen molar-refractivity contribution in [3.8, 4) is 0 Å². The highest BCUT2D eigenvalue weighted by atomic mass is 32.2. The van der Waals surface area contributed by atoms with Crippen LogP contribution in [0.4, 0.5) is 10.1 Å². The summed E-state index contributed by atoms with van der Waals surface area (Å²) in [5.74, 6) is -0.497. The molecule has 1 saturated heterocycles. The van der Waals surface area contributed by atoms with Crippen LogP contribution < -0.4 is 0 Å². The van der Waals surface area contributed by atoms with Gasteiger partial charge in [-0.1, -0.05) is 48.0 Å². The zero-order valence-corrected chi connectivity index (χ0v) is 16.2. The van der Waals surface area contributed by atoms with Crippen molar-refractivity contribution in [3.05, 3.63) is 105 Å². The number of nitro groups is 1. The second kappa shape index (κ2) is 7.06. The second-order valence-corrected chi connectivity index (χ2v) is 8.75. The molecule has 3 aromatic carbocycles. The molecule has 148 valence electrons. The normalized spacial score (nSPS) is 21.0. The summed E-state index contributed by atoms with van der Waals surface area (Å²) in [6, 6.07) is 16.6. The predicted molar refractivity (Wildman–Crippen MR) is 105 cm³/mol. The van der Waals surface area contributed by atoms with Gasteiger partial charge in [-0.2, -0.15) is 4.31 Å². The van der Waals surface area contributed by atoms with Crippen LogP contribution in [0.1, 0.15) is 28.8 Å². The summed E-state index contributed by atoms with van der Waals surface area (Å²) >= 11 is 0. The van der Waals surface area contributed by atoms with Gasteiger partial charge in [-0.25, -0.2) is 12.8 Å². The third-order valence-electron chi connectivity index (χ3n) is 5.00. The molecule has 1 aliphatic heterocycles. The summed E-state index contributed by atoms with van der Waals surface area (Å²) in [4.78, 5) is 11.0. The molecule has 4 rings (SSSR count). The van der Waals surface area contributed by atoms with E-state index >= 15 is 0 Å². The van der Waals surface area contributed by atoms with Crippen molar-refractivity contribution in [2.24, 2.45) is 0 Å². The van der Waals surface area contributed by atoms with Gasteiger partial charge in [-0.05, 0) is 36.8 Å². The van der Waals surface area contributed by atoms with Gasteiger partial charge in [0, 0.05) is 6.07 Å². The first-order valence-electron chi connectivity index (χ1n) is 8.89. The van der Waals surface area contributed by atoms with Crippen molar-refractivity contribution >= 4 is 15.7 Å². The van der Waals surface area contributed by atoms with Crippen LogP contribution in [0.2, 0.25) is 0 Å². The lowest BCUT2D eigenvalue weighted by Crippen LogP contribution is -2.14. The van der Waals surface area contributed by atoms with Gasteiger partial charge in [0.05, 0.1) is 27.5 Å². The summed E-state index contributed by atoms with van der Waals surface area (Å²) in [6.45, 7) is 1.85. The van der Waals surface area contributed by atoms with Crippen molar-refractivity contribution in [1.82, 2.24) is 4.31 Å². The number of aryl methyl sites for hydroxylation is 1. The number of hydrogen-bond acceptors (Lipinski definition) is 4. The number of hydrogen-bond donors (Lipinski definition) is 0. The lowest BCUT2D eigenvalue weighted by atomic mass is 10.0. The molecule has 0 aliphatic carbocycles. The molecule has 1 heterocycles. The maximum atomic E-state index is 13.8. The number of halogens is 1. The van der Waals surface area contributed by atoms with Crippen LogP contribution in [-0.2, 0) is 10.0 Å². The van der Waals surface area contributed by atoms with E-state index in [0.29, 0.717) is 5.56 Å². The summed E-state index contributed by atoms with van der Waals surface area (Å²) in [6.07, 6.45) is 0. The molecule has 0 radical (unpaired) electrons. The number of benzene rings is 3. The van der Waals surface area contributed by atoms with Gasteiger partial charge in [0.2, 0.25) is 10.0 Å². The van der Waals surface area contributed by atoms with Crippen molar-refractivity contribution in [2.45, 2.75) is 23.9 Å². The van der Waals surface area contributed by atoms with Crippen molar-refractivity contribution in [1.29, 1.82) is 0 Å². The summed E-state index contributed by atoms with van der Waals surface area (Å²) in [7, 11) is -3.94. The Morgan fingerprint density at radius 2 is 1.66 bits per heavy atom. The predicted octanol–water partition coefficient (Wildman–Crippen LogP) is 4.53. The quantitative estimate of drug-likeness (QED) is 0.350. The fraction of sp³-hybridized carbons (Fsp3) is 0.143. The Bertz CT molecular complexity index is 1200. The minimum absolute atomic E-state index is 0.0885. The topological polar surface area (TPSA) is 80.3 Å². The van der Waals surface area contributed by atoms with E-state index in [-0.39, 0.29) is 16.1 Å². The molecule has 0 bridgehead atoms.